The van der Waals surface area contributed by atoms with Gasteiger partial charge in [-0.15, -0.1) is 0 Å². The highest BCUT2D eigenvalue weighted by atomic mass is 16.4. The van der Waals surface area contributed by atoms with E-state index >= 15 is 0 Å². The zero-order valence-corrected chi connectivity index (χ0v) is 12.8. The lowest BCUT2D eigenvalue weighted by atomic mass is 9.97. The third-order valence-corrected chi connectivity index (χ3v) is 4.34. The van der Waals surface area contributed by atoms with E-state index in [1.807, 2.05) is 30.0 Å². The fraction of sp³-hybridized carbons (Fsp3) is 0.278. The number of carbonyl (C=O) groups is 2. The van der Waals surface area contributed by atoms with Crippen LogP contribution in [0.15, 0.2) is 48.7 Å². The van der Waals surface area contributed by atoms with Gasteiger partial charge in [-0.2, -0.15) is 0 Å². The fourth-order valence-electron chi connectivity index (χ4n) is 3.09. The molecular formula is C18H18N2O3. The first-order valence-corrected chi connectivity index (χ1v) is 7.61. The quantitative estimate of drug-likeness (QED) is 0.946. The van der Waals surface area contributed by atoms with Gasteiger partial charge in [-0.3, -0.25) is 4.79 Å². The van der Waals surface area contributed by atoms with Crippen molar-refractivity contribution in [1.82, 2.24) is 9.88 Å². The topological polar surface area (TPSA) is 70.5 Å². The normalized spacial score (nSPS) is 20.5. The van der Waals surface area contributed by atoms with E-state index in [2.05, 4.69) is 17.1 Å². The van der Waals surface area contributed by atoms with Gasteiger partial charge >= 0.3 is 5.97 Å². The number of rotatable bonds is 3. The third kappa shape index (κ3) is 3.08. The summed E-state index contributed by atoms with van der Waals surface area (Å²) in [6.45, 7) is 2.71. The van der Waals surface area contributed by atoms with Gasteiger partial charge in [0.05, 0.1) is 5.56 Å². The number of carboxylic acid groups (broad SMARTS) is 1. The summed E-state index contributed by atoms with van der Waals surface area (Å²) in [5.74, 6) is -0.857. The molecule has 1 fully saturated rings. The van der Waals surface area contributed by atoms with Crippen LogP contribution in [0.25, 0.3) is 0 Å². The van der Waals surface area contributed by atoms with E-state index in [1.165, 1.54) is 23.9 Å². The summed E-state index contributed by atoms with van der Waals surface area (Å²) in [5, 5.41) is 8.87. The Morgan fingerprint density at radius 3 is 2.52 bits per heavy atom. The molecule has 1 aliphatic rings. The predicted octanol–water partition coefficient (Wildman–Crippen LogP) is 2.80. The molecule has 5 heteroatoms. The number of likely N-dealkylation sites (tertiary alicyclic amines) is 1. The molecule has 1 amide bonds. The molecule has 1 aliphatic heterocycles. The highest BCUT2D eigenvalue weighted by molar-refractivity contribution is 5.95. The van der Waals surface area contributed by atoms with Crippen molar-refractivity contribution in [3.8, 4) is 0 Å². The lowest BCUT2D eigenvalue weighted by Crippen LogP contribution is -2.34. The largest absolute Gasteiger partial charge is 0.477 e. The number of aromatic carboxylic acids is 1. The van der Waals surface area contributed by atoms with Crippen LogP contribution in [-0.4, -0.2) is 39.5 Å². The molecule has 5 nitrogen and oxygen atoms in total. The summed E-state index contributed by atoms with van der Waals surface area (Å²) in [7, 11) is 0. The summed E-state index contributed by atoms with van der Waals surface area (Å²) >= 11 is 0. The van der Waals surface area contributed by atoms with E-state index in [4.69, 9.17) is 5.11 Å². The first-order chi connectivity index (χ1) is 11.1. The standard InChI is InChI=1S/C18H18N2O3/c1-12-9-15(13-5-3-2-4-6-13)11-20(12)17(21)14-7-8-16(18(22)23)19-10-14/h2-8,10,12,15H,9,11H2,1H3,(H,22,23). The smallest absolute Gasteiger partial charge is 0.354 e. The molecule has 3 rings (SSSR count). The maximum Gasteiger partial charge on any atom is 0.354 e. The van der Waals surface area contributed by atoms with Crippen LogP contribution >= 0.6 is 0 Å². The molecule has 2 heterocycles. The number of amides is 1. The molecule has 0 saturated carbocycles. The fourth-order valence-corrected chi connectivity index (χ4v) is 3.09. The second-order valence-corrected chi connectivity index (χ2v) is 5.89. The molecule has 1 N–H and O–H groups in total. The number of carboxylic acids is 1. The van der Waals surface area contributed by atoms with Gasteiger partial charge in [0, 0.05) is 24.7 Å². The first kappa shape index (κ1) is 15.2. The lowest BCUT2D eigenvalue weighted by molar-refractivity contribution is 0.0686. The molecule has 1 aromatic heterocycles. The molecule has 0 bridgehead atoms. The van der Waals surface area contributed by atoms with Crippen molar-refractivity contribution in [1.29, 1.82) is 0 Å². The summed E-state index contributed by atoms with van der Waals surface area (Å²) in [6.07, 6.45) is 2.27. The molecule has 2 aromatic rings. The second-order valence-electron chi connectivity index (χ2n) is 5.89. The molecular weight excluding hydrogens is 292 g/mol. The third-order valence-electron chi connectivity index (χ3n) is 4.34. The van der Waals surface area contributed by atoms with Crippen LogP contribution in [0.4, 0.5) is 0 Å². The van der Waals surface area contributed by atoms with Crippen LogP contribution in [0.5, 0.6) is 0 Å². The average Bonchev–Trinajstić information content (AvgIpc) is 2.97. The number of aromatic nitrogens is 1. The van der Waals surface area contributed by atoms with Crippen molar-refractivity contribution < 1.29 is 14.7 Å². The maximum absolute atomic E-state index is 12.7. The Bertz CT molecular complexity index is 713. The Hall–Kier alpha value is -2.69. The van der Waals surface area contributed by atoms with Gasteiger partial charge in [-0.05, 0) is 31.0 Å². The SMILES string of the molecule is CC1CC(c2ccccc2)CN1C(=O)c1ccc(C(=O)O)nc1. The van der Waals surface area contributed by atoms with Crippen molar-refractivity contribution in [2.75, 3.05) is 6.54 Å². The van der Waals surface area contributed by atoms with Gasteiger partial charge in [0.1, 0.15) is 5.69 Å². The van der Waals surface area contributed by atoms with E-state index < -0.39 is 5.97 Å². The zero-order chi connectivity index (χ0) is 16.4. The minimum atomic E-state index is -1.09. The van der Waals surface area contributed by atoms with Gasteiger partial charge in [0.2, 0.25) is 0 Å². The number of pyridine rings is 1. The predicted molar refractivity (Wildman–Crippen MR) is 85.5 cm³/mol. The Kier molecular flexibility index (Phi) is 4.10. The molecule has 1 aromatic carbocycles. The summed E-state index contributed by atoms with van der Waals surface area (Å²) < 4.78 is 0. The molecule has 0 spiro atoms. The molecule has 118 valence electrons. The van der Waals surface area contributed by atoms with Crippen LogP contribution in [0.3, 0.4) is 0 Å². The number of carbonyl (C=O) groups excluding carboxylic acids is 1. The van der Waals surface area contributed by atoms with Gasteiger partial charge in [-0.25, -0.2) is 9.78 Å². The van der Waals surface area contributed by atoms with E-state index in [1.54, 1.807) is 0 Å². The first-order valence-electron chi connectivity index (χ1n) is 7.61. The van der Waals surface area contributed by atoms with Gasteiger partial charge < -0.3 is 10.0 Å². The van der Waals surface area contributed by atoms with Gasteiger partial charge in [0.25, 0.3) is 5.91 Å². The van der Waals surface area contributed by atoms with Gasteiger partial charge in [-0.1, -0.05) is 30.3 Å². The minimum absolute atomic E-state index is 0.0572. The van der Waals surface area contributed by atoms with Crippen LogP contribution in [0.2, 0.25) is 0 Å². The van der Waals surface area contributed by atoms with Crippen molar-refractivity contribution >= 4 is 11.9 Å². The second kappa shape index (κ2) is 6.20. The van der Waals surface area contributed by atoms with E-state index in [9.17, 15) is 9.59 Å². The summed E-state index contributed by atoms with van der Waals surface area (Å²) in [4.78, 5) is 29.2. The molecule has 1 saturated heterocycles. The Labute approximate surface area is 134 Å². The van der Waals surface area contributed by atoms with Crippen LogP contribution in [-0.2, 0) is 0 Å². The number of benzene rings is 1. The van der Waals surface area contributed by atoms with Crippen molar-refractivity contribution in [3.05, 3.63) is 65.5 Å². The monoisotopic (exact) mass is 310 g/mol. The summed E-state index contributed by atoms with van der Waals surface area (Å²) in [5.41, 5.74) is 1.61. The average molecular weight is 310 g/mol. The van der Waals surface area contributed by atoms with Crippen LogP contribution in [0, 0.1) is 0 Å². The minimum Gasteiger partial charge on any atom is -0.477 e. The lowest BCUT2D eigenvalue weighted by Gasteiger charge is -2.21. The van der Waals surface area contributed by atoms with E-state index in [0.29, 0.717) is 18.0 Å². The number of nitrogens with zero attached hydrogens (tertiary/aromatic N) is 2. The van der Waals surface area contributed by atoms with E-state index in [-0.39, 0.29) is 17.6 Å². The van der Waals surface area contributed by atoms with E-state index in [0.717, 1.165) is 6.42 Å². The summed E-state index contributed by atoms with van der Waals surface area (Å²) in [6, 6.07) is 13.2. The van der Waals surface area contributed by atoms with Gasteiger partial charge in [0.15, 0.2) is 0 Å². The number of hydrogen-bond acceptors (Lipinski definition) is 3. The molecule has 2 unspecified atom stereocenters. The molecule has 2 atom stereocenters. The van der Waals surface area contributed by atoms with Crippen LogP contribution < -0.4 is 0 Å². The van der Waals surface area contributed by atoms with Crippen molar-refractivity contribution in [3.63, 3.8) is 0 Å². The van der Waals surface area contributed by atoms with Crippen molar-refractivity contribution in [2.24, 2.45) is 0 Å². The highest BCUT2D eigenvalue weighted by Gasteiger charge is 2.33. The maximum atomic E-state index is 12.7. The molecule has 23 heavy (non-hydrogen) atoms. The van der Waals surface area contributed by atoms with Crippen LogP contribution in [0.1, 0.15) is 45.7 Å². The highest BCUT2D eigenvalue weighted by Crippen LogP contribution is 2.32. The number of hydrogen-bond donors (Lipinski definition) is 1. The zero-order valence-electron chi connectivity index (χ0n) is 12.8. The molecule has 0 radical (unpaired) electrons. The Morgan fingerprint density at radius 1 is 1.17 bits per heavy atom. The molecule has 0 aliphatic carbocycles. The Morgan fingerprint density at radius 2 is 1.91 bits per heavy atom. The Balaban J connectivity index is 1.76. The van der Waals surface area contributed by atoms with Crippen molar-refractivity contribution in [2.45, 2.75) is 25.3 Å².